The lowest BCUT2D eigenvalue weighted by Gasteiger charge is -2.28. The molecule has 5 nitrogen and oxygen atoms in total. The summed E-state index contributed by atoms with van der Waals surface area (Å²) in [6, 6.07) is 22.3. The molecular weight excluding hydrogens is 447 g/mol. The van der Waals surface area contributed by atoms with Gasteiger partial charge in [-0.2, -0.15) is 0 Å². The predicted molar refractivity (Wildman–Crippen MR) is 136 cm³/mol. The van der Waals surface area contributed by atoms with E-state index in [0.29, 0.717) is 5.11 Å². The summed E-state index contributed by atoms with van der Waals surface area (Å²) in [4.78, 5) is 6.76. The molecule has 1 aliphatic rings. The Balaban J connectivity index is 1.67. The van der Waals surface area contributed by atoms with Crippen LogP contribution < -0.4 is 15.0 Å². The maximum Gasteiger partial charge on any atom is 0.174 e. The number of methoxy groups -OCH3 is 1. The molecule has 0 spiro atoms. The van der Waals surface area contributed by atoms with Crippen molar-refractivity contribution in [3.05, 3.63) is 107 Å². The SMILES string of the molecule is COc1ccc(N2C(=S)N[C@H](c3ccccn3)[C@@H]2c2cc(C)n(-c3cccc(F)c3)c2C)cc1. The number of hydrogen-bond donors (Lipinski definition) is 1. The average Bonchev–Trinajstić information content (AvgIpc) is 3.34. The molecule has 34 heavy (non-hydrogen) atoms. The number of hydrogen-bond acceptors (Lipinski definition) is 3. The first-order valence-corrected chi connectivity index (χ1v) is 11.5. The lowest BCUT2D eigenvalue weighted by atomic mass is 9.96. The number of benzene rings is 2. The zero-order valence-corrected chi connectivity index (χ0v) is 20.0. The second-order valence-corrected chi connectivity index (χ2v) is 8.72. The normalized spacial score (nSPS) is 17.6. The number of halogens is 1. The first-order valence-electron chi connectivity index (χ1n) is 11.1. The second kappa shape index (κ2) is 8.91. The summed E-state index contributed by atoms with van der Waals surface area (Å²) in [5, 5.41) is 4.12. The van der Waals surface area contributed by atoms with Gasteiger partial charge in [0.1, 0.15) is 11.6 Å². The molecule has 0 unspecified atom stereocenters. The van der Waals surface area contributed by atoms with Gasteiger partial charge in [0.05, 0.1) is 24.9 Å². The molecule has 1 aliphatic heterocycles. The highest BCUT2D eigenvalue weighted by Gasteiger charge is 2.42. The molecule has 4 aromatic rings. The van der Waals surface area contributed by atoms with Crippen LogP contribution in [0.4, 0.5) is 10.1 Å². The van der Waals surface area contributed by atoms with E-state index in [1.807, 2.05) is 55.5 Å². The van der Waals surface area contributed by atoms with Crippen LogP contribution in [0.15, 0.2) is 79.0 Å². The summed E-state index contributed by atoms with van der Waals surface area (Å²) in [6.45, 7) is 4.10. The Hall–Kier alpha value is -3.71. The van der Waals surface area contributed by atoms with Crippen molar-refractivity contribution in [3.8, 4) is 11.4 Å². The van der Waals surface area contributed by atoms with E-state index < -0.39 is 0 Å². The minimum atomic E-state index is -0.263. The molecule has 5 rings (SSSR count). The molecule has 2 aromatic heterocycles. The Bertz CT molecular complexity index is 1340. The number of thiocarbonyl (C=S) groups is 1. The van der Waals surface area contributed by atoms with E-state index in [9.17, 15) is 4.39 Å². The van der Waals surface area contributed by atoms with Crippen LogP contribution >= 0.6 is 12.2 Å². The number of aromatic nitrogens is 2. The molecule has 2 aromatic carbocycles. The summed E-state index contributed by atoms with van der Waals surface area (Å²) < 4.78 is 21.5. The topological polar surface area (TPSA) is 42.3 Å². The maximum atomic E-state index is 14.0. The summed E-state index contributed by atoms with van der Waals surface area (Å²) in [5.74, 6) is 0.519. The fourth-order valence-corrected chi connectivity index (χ4v) is 5.14. The van der Waals surface area contributed by atoms with Gasteiger partial charge in [-0.05, 0) is 92.3 Å². The van der Waals surface area contributed by atoms with E-state index in [-0.39, 0.29) is 17.9 Å². The van der Waals surface area contributed by atoms with E-state index >= 15 is 0 Å². The van der Waals surface area contributed by atoms with Gasteiger partial charge < -0.3 is 19.5 Å². The van der Waals surface area contributed by atoms with Crippen LogP contribution in [0.25, 0.3) is 5.69 Å². The van der Waals surface area contributed by atoms with Gasteiger partial charge in [0.2, 0.25) is 0 Å². The monoisotopic (exact) mass is 472 g/mol. The number of nitrogens with zero attached hydrogens (tertiary/aromatic N) is 3. The first-order chi connectivity index (χ1) is 16.5. The molecular formula is C27H25FN4OS. The van der Waals surface area contributed by atoms with E-state index in [1.54, 1.807) is 25.4 Å². The summed E-state index contributed by atoms with van der Waals surface area (Å²) in [6.07, 6.45) is 1.79. The number of nitrogens with one attached hydrogen (secondary N) is 1. The minimum absolute atomic E-state index is 0.149. The Morgan fingerprint density at radius 3 is 2.44 bits per heavy atom. The highest BCUT2D eigenvalue weighted by Crippen LogP contribution is 2.44. The quantitative estimate of drug-likeness (QED) is 0.371. The third-order valence-electron chi connectivity index (χ3n) is 6.30. The lowest BCUT2D eigenvalue weighted by molar-refractivity contribution is 0.415. The van der Waals surface area contributed by atoms with Gasteiger partial charge in [0, 0.05) is 29.0 Å². The highest BCUT2D eigenvalue weighted by atomic mass is 32.1. The van der Waals surface area contributed by atoms with Gasteiger partial charge in [-0.3, -0.25) is 4.98 Å². The molecule has 0 amide bonds. The summed E-state index contributed by atoms with van der Waals surface area (Å²) in [5.41, 5.74) is 5.80. The van der Waals surface area contributed by atoms with Crippen molar-refractivity contribution in [1.29, 1.82) is 0 Å². The van der Waals surface area contributed by atoms with E-state index in [1.165, 1.54) is 6.07 Å². The number of rotatable bonds is 5. The highest BCUT2D eigenvalue weighted by molar-refractivity contribution is 7.80. The first kappa shape index (κ1) is 22.1. The Morgan fingerprint density at radius 2 is 1.76 bits per heavy atom. The molecule has 2 atom stereocenters. The Kier molecular flexibility index (Phi) is 5.79. The second-order valence-electron chi connectivity index (χ2n) is 8.34. The van der Waals surface area contributed by atoms with Crippen LogP contribution in [0.1, 0.15) is 34.7 Å². The van der Waals surface area contributed by atoms with Crippen LogP contribution in [0.2, 0.25) is 0 Å². The van der Waals surface area contributed by atoms with Crippen LogP contribution in [0.5, 0.6) is 5.75 Å². The third-order valence-corrected chi connectivity index (χ3v) is 6.62. The van der Waals surface area contributed by atoms with Crippen molar-refractivity contribution >= 4 is 23.0 Å². The van der Waals surface area contributed by atoms with Gasteiger partial charge >= 0.3 is 0 Å². The molecule has 0 bridgehead atoms. The zero-order valence-electron chi connectivity index (χ0n) is 19.2. The fraction of sp³-hybridized carbons (Fsp3) is 0.185. The number of aryl methyl sites for hydroxylation is 1. The molecule has 1 saturated heterocycles. The van der Waals surface area contributed by atoms with E-state index in [2.05, 4.69) is 32.8 Å². The smallest absolute Gasteiger partial charge is 0.174 e. The lowest BCUT2D eigenvalue weighted by Crippen LogP contribution is -2.29. The van der Waals surface area contributed by atoms with Gasteiger partial charge in [0.25, 0.3) is 0 Å². The maximum absolute atomic E-state index is 14.0. The van der Waals surface area contributed by atoms with Crippen molar-refractivity contribution in [2.75, 3.05) is 12.0 Å². The van der Waals surface area contributed by atoms with Gasteiger partial charge in [-0.15, -0.1) is 0 Å². The van der Waals surface area contributed by atoms with Crippen LogP contribution in [0.3, 0.4) is 0 Å². The van der Waals surface area contributed by atoms with Crippen molar-refractivity contribution in [3.63, 3.8) is 0 Å². The predicted octanol–water partition coefficient (Wildman–Crippen LogP) is 5.81. The van der Waals surface area contributed by atoms with E-state index in [0.717, 1.165) is 39.8 Å². The number of pyridine rings is 1. The van der Waals surface area contributed by atoms with Crippen LogP contribution in [-0.4, -0.2) is 21.8 Å². The molecule has 3 heterocycles. The van der Waals surface area contributed by atoms with Crippen molar-refractivity contribution in [1.82, 2.24) is 14.9 Å². The zero-order chi connectivity index (χ0) is 23.8. The standard InChI is InChI=1S/C27H25FN4OS/c1-17-15-23(18(2)31(17)21-8-6-7-19(28)16-21)26-25(24-9-4-5-14-29-24)30-27(34)32(26)20-10-12-22(33-3)13-11-20/h4-16,25-26H,1-3H3,(H,30,34)/t25-,26+/m1/s1. The Morgan fingerprint density at radius 1 is 0.971 bits per heavy atom. The van der Waals surface area contributed by atoms with E-state index in [4.69, 9.17) is 17.0 Å². The number of ether oxygens (including phenoxy) is 1. The molecule has 0 radical (unpaired) electrons. The van der Waals surface area contributed by atoms with Crippen molar-refractivity contribution in [2.24, 2.45) is 0 Å². The largest absolute Gasteiger partial charge is 0.497 e. The number of anilines is 1. The van der Waals surface area contributed by atoms with Gasteiger partial charge in [-0.25, -0.2) is 4.39 Å². The third kappa shape index (κ3) is 3.82. The average molecular weight is 473 g/mol. The molecule has 0 saturated carbocycles. The molecule has 7 heteroatoms. The molecule has 1 fully saturated rings. The molecule has 1 N–H and O–H groups in total. The van der Waals surface area contributed by atoms with Crippen LogP contribution in [-0.2, 0) is 0 Å². The fourth-order valence-electron chi connectivity index (χ4n) is 4.79. The molecule has 172 valence electrons. The summed E-state index contributed by atoms with van der Waals surface area (Å²) in [7, 11) is 1.65. The van der Waals surface area contributed by atoms with Crippen molar-refractivity contribution < 1.29 is 9.13 Å². The Labute approximate surface area is 203 Å². The van der Waals surface area contributed by atoms with Gasteiger partial charge in [-0.1, -0.05) is 12.1 Å². The molecule has 0 aliphatic carbocycles. The van der Waals surface area contributed by atoms with Gasteiger partial charge in [0.15, 0.2) is 5.11 Å². The van der Waals surface area contributed by atoms with Crippen LogP contribution in [0, 0.1) is 19.7 Å². The minimum Gasteiger partial charge on any atom is -0.497 e. The summed E-state index contributed by atoms with van der Waals surface area (Å²) >= 11 is 5.83. The van der Waals surface area contributed by atoms with Crippen molar-refractivity contribution in [2.45, 2.75) is 25.9 Å².